The number of carbonyl (C=O) groups excluding carboxylic acids is 1. The Morgan fingerprint density at radius 2 is 2.17 bits per heavy atom. The minimum Gasteiger partial charge on any atom is -0.355 e. The predicted octanol–water partition coefficient (Wildman–Crippen LogP) is 1.61. The Hall–Kier alpha value is -1.00. The Balaban J connectivity index is 3.04. The van der Waals surface area contributed by atoms with E-state index in [4.69, 9.17) is 4.55 Å². The van der Waals surface area contributed by atoms with Crippen LogP contribution >= 0.6 is 12.0 Å². The third-order valence-electron chi connectivity index (χ3n) is 1.46. The van der Waals surface area contributed by atoms with Crippen molar-refractivity contribution in [2.75, 3.05) is 7.05 Å². The molecule has 1 aromatic carbocycles. The summed E-state index contributed by atoms with van der Waals surface area (Å²) in [6.07, 6.45) is 0. The van der Waals surface area contributed by atoms with E-state index >= 15 is 0 Å². The Labute approximate surface area is 75.0 Å². The van der Waals surface area contributed by atoms with Crippen molar-refractivity contribution < 1.29 is 9.35 Å². The van der Waals surface area contributed by atoms with Gasteiger partial charge >= 0.3 is 0 Å². The normalized spacial score (nSPS) is 9.50. The van der Waals surface area contributed by atoms with Gasteiger partial charge in [-0.05, 0) is 12.1 Å². The lowest BCUT2D eigenvalue weighted by atomic mass is 10.2. The van der Waals surface area contributed by atoms with Crippen LogP contribution in [0.2, 0.25) is 0 Å². The molecule has 0 saturated carbocycles. The van der Waals surface area contributed by atoms with Crippen LogP contribution in [0, 0.1) is 0 Å². The second kappa shape index (κ2) is 4.13. The Morgan fingerprint density at radius 1 is 1.50 bits per heavy atom. The highest BCUT2D eigenvalue weighted by molar-refractivity contribution is 7.93. The molecule has 0 unspecified atom stereocenters. The summed E-state index contributed by atoms with van der Waals surface area (Å²) in [6, 6.07) is 6.88. The lowest BCUT2D eigenvalue weighted by Gasteiger charge is -2.02. The van der Waals surface area contributed by atoms with E-state index in [2.05, 4.69) is 5.32 Å². The first-order valence-electron chi connectivity index (χ1n) is 3.42. The molecule has 3 nitrogen and oxygen atoms in total. The van der Waals surface area contributed by atoms with Crippen LogP contribution in [0.4, 0.5) is 0 Å². The maximum absolute atomic E-state index is 11.2. The van der Waals surface area contributed by atoms with Crippen LogP contribution < -0.4 is 5.32 Å². The molecule has 64 valence electrons. The Morgan fingerprint density at radius 3 is 2.75 bits per heavy atom. The second-order valence-corrected chi connectivity index (χ2v) is 2.79. The van der Waals surface area contributed by atoms with Crippen LogP contribution in [0.5, 0.6) is 0 Å². The quantitative estimate of drug-likeness (QED) is 0.685. The van der Waals surface area contributed by atoms with E-state index < -0.39 is 0 Å². The fourth-order valence-electron chi connectivity index (χ4n) is 0.869. The van der Waals surface area contributed by atoms with Gasteiger partial charge in [-0.15, -0.1) is 0 Å². The van der Waals surface area contributed by atoms with E-state index in [0.717, 1.165) is 0 Å². The molecule has 0 aliphatic rings. The highest BCUT2D eigenvalue weighted by Gasteiger charge is 2.07. The van der Waals surface area contributed by atoms with E-state index in [0.29, 0.717) is 22.5 Å². The molecular formula is C8H9NO2S. The maximum Gasteiger partial charge on any atom is 0.252 e. The summed E-state index contributed by atoms with van der Waals surface area (Å²) in [5.74, 6) is -0.188. The molecule has 1 aromatic rings. The molecule has 12 heavy (non-hydrogen) atoms. The van der Waals surface area contributed by atoms with Crippen LogP contribution in [0.1, 0.15) is 10.4 Å². The summed E-state index contributed by atoms with van der Waals surface area (Å²) in [5, 5.41) is 2.49. The third kappa shape index (κ3) is 1.78. The standard InChI is InChI=1S/C8H9NO2S/c1-9-8(10)6-4-2-3-5-7(6)12-11/h2-5,11H,1H3,(H,9,10). The van der Waals surface area contributed by atoms with Gasteiger partial charge in [-0.3, -0.25) is 4.79 Å². The second-order valence-electron chi connectivity index (χ2n) is 2.17. The van der Waals surface area contributed by atoms with E-state index in [1.807, 2.05) is 0 Å². The SMILES string of the molecule is CNC(=O)c1ccccc1SO. The molecule has 0 saturated heterocycles. The van der Waals surface area contributed by atoms with E-state index in [9.17, 15) is 4.79 Å². The van der Waals surface area contributed by atoms with E-state index in [1.165, 1.54) is 0 Å². The summed E-state index contributed by atoms with van der Waals surface area (Å²) < 4.78 is 8.80. The van der Waals surface area contributed by atoms with Gasteiger partial charge in [0.25, 0.3) is 5.91 Å². The number of hydrogen-bond donors (Lipinski definition) is 2. The smallest absolute Gasteiger partial charge is 0.252 e. The van der Waals surface area contributed by atoms with Crippen molar-refractivity contribution in [2.24, 2.45) is 0 Å². The monoisotopic (exact) mass is 183 g/mol. The summed E-state index contributed by atoms with van der Waals surface area (Å²) in [7, 11) is 1.56. The zero-order valence-electron chi connectivity index (χ0n) is 6.57. The first-order valence-corrected chi connectivity index (χ1v) is 4.19. The van der Waals surface area contributed by atoms with Crippen molar-refractivity contribution in [3.63, 3.8) is 0 Å². The Bertz CT molecular complexity index is 288. The van der Waals surface area contributed by atoms with Gasteiger partial charge in [0.15, 0.2) is 0 Å². The minimum absolute atomic E-state index is 0.188. The lowest BCUT2D eigenvalue weighted by Crippen LogP contribution is -2.18. The maximum atomic E-state index is 11.2. The van der Waals surface area contributed by atoms with Crippen molar-refractivity contribution in [3.8, 4) is 0 Å². The first kappa shape index (κ1) is 9.09. The number of carbonyl (C=O) groups is 1. The van der Waals surface area contributed by atoms with Gasteiger partial charge in [0.2, 0.25) is 0 Å². The molecule has 0 spiro atoms. The van der Waals surface area contributed by atoms with Gasteiger partial charge in [0.1, 0.15) is 0 Å². The number of rotatable bonds is 2. The zero-order chi connectivity index (χ0) is 8.97. The molecule has 0 bridgehead atoms. The van der Waals surface area contributed by atoms with Crippen molar-refractivity contribution in [3.05, 3.63) is 29.8 Å². The highest BCUT2D eigenvalue weighted by Crippen LogP contribution is 2.18. The number of amides is 1. The topological polar surface area (TPSA) is 49.3 Å². The molecule has 0 radical (unpaired) electrons. The van der Waals surface area contributed by atoms with Gasteiger partial charge in [-0.1, -0.05) is 12.1 Å². The number of hydrogen-bond acceptors (Lipinski definition) is 3. The average Bonchev–Trinajstić information content (AvgIpc) is 2.16. The summed E-state index contributed by atoms with van der Waals surface area (Å²) >= 11 is 0.578. The van der Waals surface area contributed by atoms with Crippen LogP contribution in [-0.4, -0.2) is 17.5 Å². The summed E-state index contributed by atoms with van der Waals surface area (Å²) in [6.45, 7) is 0. The fourth-order valence-corrected chi connectivity index (χ4v) is 1.27. The van der Waals surface area contributed by atoms with Gasteiger partial charge in [0, 0.05) is 24.0 Å². The number of nitrogens with one attached hydrogen (secondary N) is 1. The van der Waals surface area contributed by atoms with Crippen LogP contribution in [-0.2, 0) is 0 Å². The molecule has 0 aliphatic carbocycles. The molecule has 0 heterocycles. The van der Waals surface area contributed by atoms with Gasteiger partial charge < -0.3 is 9.87 Å². The summed E-state index contributed by atoms with van der Waals surface area (Å²) in [5.41, 5.74) is 0.493. The number of benzene rings is 1. The van der Waals surface area contributed by atoms with E-state index in [1.54, 1.807) is 31.3 Å². The molecule has 0 aliphatic heterocycles. The van der Waals surface area contributed by atoms with Gasteiger partial charge in [-0.25, -0.2) is 0 Å². The van der Waals surface area contributed by atoms with Crippen molar-refractivity contribution in [2.45, 2.75) is 4.90 Å². The largest absolute Gasteiger partial charge is 0.355 e. The first-order chi connectivity index (χ1) is 5.79. The molecule has 0 aromatic heterocycles. The van der Waals surface area contributed by atoms with Gasteiger partial charge in [-0.2, -0.15) is 0 Å². The fraction of sp³-hybridized carbons (Fsp3) is 0.125. The molecular weight excluding hydrogens is 174 g/mol. The minimum atomic E-state index is -0.188. The molecule has 4 heteroatoms. The van der Waals surface area contributed by atoms with Crippen LogP contribution in [0.25, 0.3) is 0 Å². The molecule has 0 fully saturated rings. The molecule has 1 rings (SSSR count). The van der Waals surface area contributed by atoms with Crippen molar-refractivity contribution in [1.29, 1.82) is 0 Å². The predicted molar refractivity (Wildman–Crippen MR) is 48.3 cm³/mol. The van der Waals surface area contributed by atoms with Gasteiger partial charge in [0.05, 0.1) is 5.56 Å². The molecule has 0 atom stereocenters. The zero-order valence-corrected chi connectivity index (χ0v) is 7.39. The van der Waals surface area contributed by atoms with Crippen LogP contribution in [0.15, 0.2) is 29.2 Å². The molecule has 1 amide bonds. The van der Waals surface area contributed by atoms with Crippen LogP contribution in [0.3, 0.4) is 0 Å². The summed E-state index contributed by atoms with van der Waals surface area (Å²) in [4.78, 5) is 11.7. The third-order valence-corrected chi connectivity index (χ3v) is 2.01. The lowest BCUT2D eigenvalue weighted by molar-refractivity contribution is 0.0960. The average molecular weight is 183 g/mol. The van der Waals surface area contributed by atoms with Crippen molar-refractivity contribution in [1.82, 2.24) is 5.32 Å². The van der Waals surface area contributed by atoms with E-state index in [-0.39, 0.29) is 5.91 Å². The van der Waals surface area contributed by atoms with Crippen molar-refractivity contribution >= 4 is 17.9 Å². The highest BCUT2D eigenvalue weighted by atomic mass is 32.2. The Kier molecular flexibility index (Phi) is 3.13. The molecule has 2 N–H and O–H groups in total.